The van der Waals surface area contributed by atoms with Crippen molar-refractivity contribution in [2.75, 3.05) is 13.8 Å². The second-order valence-corrected chi connectivity index (χ2v) is 9.95. The van der Waals surface area contributed by atoms with Crippen molar-refractivity contribution < 1.29 is 22.7 Å². The van der Waals surface area contributed by atoms with E-state index in [0.717, 1.165) is 16.3 Å². The lowest BCUT2D eigenvalue weighted by Crippen LogP contribution is -2.49. The number of hydrogen-bond acceptors (Lipinski definition) is 5. The number of fused-ring (bicyclic) bond motifs is 2. The minimum absolute atomic E-state index is 0.132. The molecule has 1 N–H and O–H groups in total. The van der Waals surface area contributed by atoms with Crippen molar-refractivity contribution >= 4 is 26.7 Å². The van der Waals surface area contributed by atoms with Gasteiger partial charge < -0.3 is 14.4 Å². The number of carbonyl (C=O) groups is 1. The summed E-state index contributed by atoms with van der Waals surface area (Å²) in [5.74, 6) is 0.769. The van der Waals surface area contributed by atoms with Gasteiger partial charge in [0.05, 0.1) is 4.90 Å². The van der Waals surface area contributed by atoms with Gasteiger partial charge >= 0.3 is 0 Å². The van der Waals surface area contributed by atoms with Crippen LogP contribution >= 0.6 is 0 Å². The minimum Gasteiger partial charge on any atom is -0.454 e. The zero-order valence-corrected chi connectivity index (χ0v) is 19.1. The molecule has 4 rings (SSSR count). The van der Waals surface area contributed by atoms with Gasteiger partial charge in [0.2, 0.25) is 22.7 Å². The lowest BCUT2D eigenvalue weighted by atomic mass is 10.0. The van der Waals surface area contributed by atoms with Crippen LogP contribution in [0.25, 0.3) is 10.8 Å². The summed E-state index contributed by atoms with van der Waals surface area (Å²) >= 11 is 0. The molecule has 0 aliphatic carbocycles. The molecule has 1 aliphatic rings. The fraction of sp³-hybridized carbons (Fsp3) is 0.292. The van der Waals surface area contributed by atoms with E-state index in [0.29, 0.717) is 18.0 Å². The maximum absolute atomic E-state index is 13.2. The standard InChI is InChI=1S/C24H26N2O5S/c1-16(2)23(24(27)26(3)14-17-8-11-21-22(12-17)31-15-30-21)25-32(28,29)20-10-9-18-6-4-5-7-19(18)13-20/h4-13,16,23,25H,14-15H2,1-3H3. The van der Waals surface area contributed by atoms with Crippen LogP contribution in [0.15, 0.2) is 65.6 Å². The van der Waals surface area contributed by atoms with Gasteiger partial charge in [-0.05, 0) is 46.5 Å². The second kappa shape index (κ2) is 8.80. The maximum Gasteiger partial charge on any atom is 0.241 e. The van der Waals surface area contributed by atoms with Gasteiger partial charge in [-0.2, -0.15) is 4.72 Å². The van der Waals surface area contributed by atoms with Crippen LogP contribution in [0, 0.1) is 5.92 Å². The molecule has 0 saturated carbocycles. The van der Waals surface area contributed by atoms with E-state index in [-0.39, 0.29) is 23.5 Å². The largest absolute Gasteiger partial charge is 0.454 e. The molecule has 0 aromatic heterocycles. The quantitative estimate of drug-likeness (QED) is 0.590. The monoisotopic (exact) mass is 454 g/mol. The van der Waals surface area contributed by atoms with Crippen molar-refractivity contribution in [3.8, 4) is 11.5 Å². The smallest absolute Gasteiger partial charge is 0.241 e. The molecule has 168 valence electrons. The normalized spacial score (nSPS) is 14.0. The molecule has 0 bridgehead atoms. The van der Waals surface area contributed by atoms with Gasteiger partial charge in [-0.3, -0.25) is 4.79 Å². The number of likely N-dealkylation sites (N-methyl/N-ethyl adjacent to an activating group) is 1. The van der Waals surface area contributed by atoms with Gasteiger partial charge in [-0.1, -0.05) is 50.2 Å². The first-order chi connectivity index (χ1) is 15.2. The molecule has 1 heterocycles. The zero-order chi connectivity index (χ0) is 22.9. The third-order valence-electron chi connectivity index (χ3n) is 5.48. The topological polar surface area (TPSA) is 84.9 Å². The Morgan fingerprint density at radius 1 is 1.00 bits per heavy atom. The Hall–Kier alpha value is -3.10. The van der Waals surface area contributed by atoms with E-state index in [1.165, 1.54) is 4.90 Å². The fourth-order valence-electron chi connectivity index (χ4n) is 3.67. The molecule has 8 heteroatoms. The van der Waals surface area contributed by atoms with Crippen molar-refractivity contribution in [3.63, 3.8) is 0 Å². The van der Waals surface area contributed by atoms with E-state index in [2.05, 4.69) is 4.72 Å². The number of ether oxygens (including phenoxy) is 2. The number of nitrogens with one attached hydrogen (secondary N) is 1. The summed E-state index contributed by atoms with van der Waals surface area (Å²) in [4.78, 5) is 14.8. The van der Waals surface area contributed by atoms with Gasteiger partial charge in [0.1, 0.15) is 6.04 Å². The highest BCUT2D eigenvalue weighted by Gasteiger charge is 2.30. The Morgan fingerprint density at radius 2 is 1.72 bits per heavy atom. The predicted molar refractivity (Wildman–Crippen MR) is 122 cm³/mol. The maximum atomic E-state index is 13.2. The van der Waals surface area contributed by atoms with Crippen molar-refractivity contribution in [1.82, 2.24) is 9.62 Å². The number of amides is 1. The first kappa shape index (κ1) is 22.1. The molecule has 0 fully saturated rings. The van der Waals surface area contributed by atoms with Crippen LogP contribution in [0.5, 0.6) is 11.5 Å². The predicted octanol–water partition coefficient (Wildman–Crippen LogP) is 3.53. The average Bonchev–Trinajstić information content (AvgIpc) is 3.24. The number of nitrogens with zero attached hydrogens (tertiary/aromatic N) is 1. The third kappa shape index (κ3) is 4.56. The molecule has 1 unspecified atom stereocenters. The molecule has 0 radical (unpaired) electrons. The number of hydrogen-bond donors (Lipinski definition) is 1. The van der Waals surface area contributed by atoms with Crippen molar-refractivity contribution in [2.45, 2.75) is 31.3 Å². The van der Waals surface area contributed by atoms with Crippen LogP contribution in [0.1, 0.15) is 19.4 Å². The van der Waals surface area contributed by atoms with Gasteiger partial charge in [-0.15, -0.1) is 0 Å². The van der Waals surface area contributed by atoms with Gasteiger partial charge in [0.25, 0.3) is 0 Å². The molecule has 0 saturated heterocycles. The summed E-state index contributed by atoms with van der Waals surface area (Å²) in [7, 11) is -2.23. The molecule has 3 aromatic rings. The highest BCUT2D eigenvalue weighted by Crippen LogP contribution is 2.32. The first-order valence-electron chi connectivity index (χ1n) is 10.4. The fourth-order valence-corrected chi connectivity index (χ4v) is 5.04. The van der Waals surface area contributed by atoms with E-state index in [4.69, 9.17) is 9.47 Å². The second-order valence-electron chi connectivity index (χ2n) is 8.23. The van der Waals surface area contributed by atoms with E-state index in [1.54, 1.807) is 31.3 Å². The molecular weight excluding hydrogens is 428 g/mol. The average molecular weight is 455 g/mol. The van der Waals surface area contributed by atoms with E-state index in [1.807, 2.05) is 50.2 Å². The van der Waals surface area contributed by atoms with Crippen molar-refractivity contribution in [2.24, 2.45) is 5.92 Å². The molecule has 0 spiro atoms. The summed E-state index contributed by atoms with van der Waals surface area (Å²) in [5.41, 5.74) is 0.866. The number of carbonyl (C=O) groups excluding carboxylic acids is 1. The highest BCUT2D eigenvalue weighted by atomic mass is 32.2. The van der Waals surface area contributed by atoms with E-state index < -0.39 is 16.1 Å². The van der Waals surface area contributed by atoms with E-state index in [9.17, 15) is 13.2 Å². The van der Waals surface area contributed by atoms with Gasteiger partial charge in [0.15, 0.2) is 11.5 Å². The minimum atomic E-state index is -3.89. The summed E-state index contributed by atoms with van der Waals surface area (Å²) < 4.78 is 39.5. The van der Waals surface area contributed by atoms with Crippen LogP contribution in [-0.4, -0.2) is 39.1 Å². The summed E-state index contributed by atoms with van der Waals surface area (Å²) in [6, 6.07) is 17.1. The molecule has 7 nitrogen and oxygen atoms in total. The van der Waals surface area contributed by atoms with Crippen LogP contribution in [0.4, 0.5) is 0 Å². The molecule has 32 heavy (non-hydrogen) atoms. The Morgan fingerprint density at radius 3 is 2.47 bits per heavy atom. The Kier molecular flexibility index (Phi) is 6.08. The molecule has 1 atom stereocenters. The summed E-state index contributed by atoms with van der Waals surface area (Å²) in [6.45, 7) is 4.13. The SMILES string of the molecule is CC(C)C(NS(=O)(=O)c1ccc2ccccc2c1)C(=O)N(C)Cc1ccc2c(c1)OCO2. The van der Waals surface area contributed by atoms with E-state index >= 15 is 0 Å². The van der Waals surface area contributed by atoms with Crippen LogP contribution in [-0.2, 0) is 21.4 Å². The third-order valence-corrected chi connectivity index (χ3v) is 6.92. The Bertz CT molecular complexity index is 1260. The first-order valence-corrected chi connectivity index (χ1v) is 11.9. The Labute approximate surface area is 188 Å². The zero-order valence-electron chi connectivity index (χ0n) is 18.2. The van der Waals surface area contributed by atoms with Crippen LogP contribution in [0.2, 0.25) is 0 Å². The highest BCUT2D eigenvalue weighted by molar-refractivity contribution is 7.89. The van der Waals surface area contributed by atoms with Crippen molar-refractivity contribution in [3.05, 3.63) is 66.2 Å². The van der Waals surface area contributed by atoms with Crippen LogP contribution < -0.4 is 14.2 Å². The number of benzene rings is 3. The van der Waals surface area contributed by atoms with Gasteiger partial charge in [0, 0.05) is 13.6 Å². The lowest BCUT2D eigenvalue weighted by molar-refractivity contribution is -0.133. The summed E-state index contributed by atoms with van der Waals surface area (Å²) in [6.07, 6.45) is 0. The Balaban J connectivity index is 1.52. The summed E-state index contributed by atoms with van der Waals surface area (Å²) in [5, 5.41) is 1.77. The van der Waals surface area contributed by atoms with Crippen LogP contribution in [0.3, 0.4) is 0 Å². The molecular formula is C24H26N2O5S. The lowest BCUT2D eigenvalue weighted by Gasteiger charge is -2.27. The molecule has 1 amide bonds. The molecule has 1 aliphatic heterocycles. The van der Waals surface area contributed by atoms with Gasteiger partial charge in [-0.25, -0.2) is 8.42 Å². The molecule has 3 aromatic carbocycles. The van der Waals surface area contributed by atoms with Crippen molar-refractivity contribution in [1.29, 1.82) is 0 Å². The number of rotatable bonds is 7. The number of sulfonamides is 1.